The van der Waals surface area contributed by atoms with Crippen molar-refractivity contribution in [2.75, 3.05) is 0 Å². The van der Waals surface area contributed by atoms with Crippen LogP contribution in [0.25, 0.3) is 11.1 Å². The Hall–Kier alpha value is -2.74. The van der Waals surface area contributed by atoms with Gasteiger partial charge in [0.1, 0.15) is 11.5 Å². The van der Waals surface area contributed by atoms with E-state index in [2.05, 4.69) is 18.2 Å². The zero-order chi connectivity index (χ0) is 14.1. The molecule has 0 N–H and O–H groups in total. The maximum Gasteiger partial charge on any atom is 0.268 e. The van der Waals surface area contributed by atoms with Gasteiger partial charge in [-0.05, 0) is 23.8 Å². The highest BCUT2D eigenvalue weighted by Crippen LogP contribution is 2.42. The molecule has 21 heavy (non-hydrogen) atoms. The highest BCUT2D eigenvalue weighted by Gasteiger charge is 2.26. The van der Waals surface area contributed by atoms with E-state index in [4.69, 9.17) is 9.47 Å². The van der Waals surface area contributed by atoms with Crippen LogP contribution >= 0.6 is 0 Å². The molecule has 1 unspecified atom stereocenters. The van der Waals surface area contributed by atoms with E-state index in [1.807, 2.05) is 60.7 Å². The number of para-hydroxylation sites is 2. The van der Waals surface area contributed by atoms with E-state index in [0.29, 0.717) is 0 Å². The molecular weight excluding hydrogens is 260 g/mol. The van der Waals surface area contributed by atoms with Gasteiger partial charge in [0.05, 0.1) is 0 Å². The molecule has 2 heteroatoms. The van der Waals surface area contributed by atoms with Crippen molar-refractivity contribution in [3.8, 4) is 22.6 Å². The molecule has 0 saturated carbocycles. The Morgan fingerprint density at radius 2 is 1.33 bits per heavy atom. The van der Waals surface area contributed by atoms with Crippen LogP contribution in [0.1, 0.15) is 11.9 Å². The Balaban J connectivity index is 1.78. The minimum atomic E-state index is -0.418. The largest absolute Gasteiger partial charge is 0.451 e. The molecule has 102 valence electrons. The summed E-state index contributed by atoms with van der Waals surface area (Å²) >= 11 is 0. The number of benzene rings is 3. The lowest BCUT2D eigenvalue weighted by Crippen LogP contribution is -2.19. The molecule has 0 aliphatic carbocycles. The predicted molar refractivity (Wildman–Crippen MR) is 82.3 cm³/mol. The van der Waals surface area contributed by atoms with Crippen LogP contribution < -0.4 is 9.47 Å². The van der Waals surface area contributed by atoms with Crippen molar-refractivity contribution < 1.29 is 9.47 Å². The molecule has 1 atom stereocenters. The van der Waals surface area contributed by atoms with Crippen LogP contribution in [0, 0.1) is 0 Å². The summed E-state index contributed by atoms with van der Waals surface area (Å²) in [4.78, 5) is 0. The summed E-state index contributed by atoms with van der Waals surface area (Å²) in [7, 11) is 0. The molecule has 4 rings (SSSR count). The first-order chi connectivity index (χ1) is 10.4. The van der Waals surface area contributed by atoms with Crippen LogP contribution in [-0.2, 0) is 0 Å². The van der Waals surface area contributed by atoms with Crippen molar-refractivity contribution in [2.45, 2.75) is 6.29 Å². The maximum atomic E-state index is 6.04. The van der Waals surface area contributed by atoms with E-state index in [1.54, 1.807) is 0 Å². The average molecular weight is 274 g/mol. The number of ether oxygens (including phenoxy) is 2. The second-order valence-electron chi connectivity index (χ2n) is 4.96. The third kappa shape index (κ3) is 2.15. The van der Waals surface area contributed by atoms with Crippen molar-refractivity contribution in [1.82, 2.24) is 0 Å². The van der Waals surface area contributed by atoms with Gasteiger partial charge >= 0.3 is 0 Å². The van der Waals surface area contributed by atoms with Crippen molar-refractivity contribution in [3.63, 3.8) is 0 Å². The fourth-order valence-corrected chi connectivity index (χ4v) is 2.63. The van der Waals surface area contributed by atoms with Gasteiger partial charge in [0, 0.05) is 11.1 Å². The van der Waals surface area contributed by atoms with Crippen LogP contribution in [0.3, 0.4) is 0 Å². The third-order valence-electron chi connectivity index (χ3n) is 3.61. The van der Waals surface area contributed by atoms with Gasteiger partial charge in [-0.1, -0.05) is 60.7 Å². The fourth-order valence-electron chi connectivity index (χ4n) is 2.63. The Bertz CT molecular complexity index is 763. The lowest BCUT2D eigenvalue weighted by atomic mass is 9.96. The molecule has 0 bridgehead atoms. The van der Waals surface area contributed by atoms with Crippen molar-refractivity contribution in [3.05, 3.63) is 84.4 Å². The molecule has 1 heterocycles. The lowest BCUT2D eigenvalue weighted by Gasteiger charge is -2.28. The second kappa shape index (κ2) is 4.98. The summed E-state index contributed by atoms with van der Waals surface area (Å²) in [6.45, 7) is 0. The van der Waals surface area contributed by atoms with Crippen LogP contribution in [0.2, 0.25) is 0 Å². The first-order valence-corrected chi connectivity index (χ1v) is 6.98. The van der Waals surface area contributed by atoms with E-state index < -0.39 is 6.29 Å². The smallest absolute Gasteiger partial charge is 0.268 e. The van der Waals surface area contributed by atoms with Gasteiger partial charge in [0.2, 0.25) is 0 Å². The highest BCUT2D eigenvalue weighted by atomic mass is 16.7. The number of fused-ring (bicyclic) bond motifs is 3. The molecule has 2 nitrogen and oxygen atoms in total. The number of hydrogen-bond donors (Lipinski definition) is 0. The monoisotopic (exact) mass is 274 g/mol. The normalized spacial score (nSPS) is 15.5. The Morgan fingerprint density at radius 1 is 0.667 bits per heavy atom. The van der Waals surface area contributed by atoms with Gasteiger partial charge in [-0.15, -0.1) is 0 Å². The van der Waals surface area contributed by atoms with Crippen LogP contribution in [0.15, 0.2) is 78.9 Å². The van der Waals surface area contributed by atoms with Crippen molar-refractivity contribution in [1.29, 1.82) is 0 Å². The van der Waals surface area contributed by atoms with Crippen molar-refractivity contribution >= 4 is 0 Å². The molecule has 0 fully saturated rings. The quantitative estimate of drug-likeness (QED) is 0.666. The fraction of sp³-hybridized carbons (Fsp3) is 0.0526. The third-order valence-corrected chi connectivity index (χ3v) is 3.61. The van der Waals surface area contributed by atoms with Crippen LogP contribution in [0.4, 0.5) is 0 Å². The zero-order valence-corrected chi connectivity index (χ0v) is 11.4. The second-order valence-corrected chi connectivity index (χ2v) is 4.96. The van der Waals surface area contributed by atoms with E-state index in [1.165, 1.54) is 5.56 Å². The highest BCUT2D eigenvalue weighted by molar-refractivity contribution is 5.75. The first-order valence-electron chi connectivity index (χ1n) is 6.98. The molecule has 1 aliphatic rings. The van der Waals surface area contributed by atoms with Crippen LogP contribution in [-0.4, -0.2) is 0 Å². The summed E-state index contributed by atoms with van der Waals surface area (Å²) in [6.07, 6.45) is -0.418. The maximum absolute atomic E-state index is 6.04. The summed E-state index contributed by atoms with van der Waals surface area (Å²) in [5, 5.41) is 0. The van der Waals surface area contributed by atoms with Gasteiger partial charge in [0.15, 0.2) is 0 Å². The number of rotatable bonds is 2. The molecule has 0 radical (unpaired) electrons. The molecular formula is C19H14O2. The molecule has 0 saturated heterocycles. The van der Waals surface area contributed by atoms with Gasteiger partial charge in [-0.25, -0.2) is 0 Å². The first kappa shape index (κ1) is 12.0. The Morgan fingerprint density at radius 3 is 2.19 bits per heavy atom. The minimum Gasteiger partial charge on any atom is -0.451 e. The standard InChI is InChI=1S/C19H14O2/c1-2-8-14(9-3-1)20-19-17-12-5-4-10-15(17)16-11-6-7-13-18(16)21-19/h1-13,19H. The average Bonchev–Trinajstić information content (AvgIpc) is 2.56. The van der Waals surface area contributed by atoms with E-state index in [9.17, 15) is 0 Å². The van der Waals surface area contributed by atoms with Gasteiger partial charge < -0.3 is 9.47 Å². The predicted octanol–water partition coefficient (Wildman–Crippen LogP) is 4.82. The van der Waals surface area contributed by atoms with Gasteiger partial charge in [-0.2, -0.15) is 0 Å². The topological polar surface area (TPSA) is 18.5 Å². The number of hydrogen-bond acceptors (Lipinski definition) is 2. The molecule has 0 spiro atoms. The summed E-state index contributed by atoms with van der Waals surface area (Å²) in [5.74, 6) is 1.66. The lowest BCUT2D eigenvalue weighted by molar-refractivity contribution is 0.00187. The molecule has 0 amide bonds. The summed E-state index contributed by atoms with van der Waals surface area (Å²) in [6, 6.07) is 26.0. The molecule has 3 aromatic carbocycles. The molecule has 1 aliphatic heterocycles. The minimum absolute atomic E-state index is 0.418. The Kier molecular flexibility index (Phi) is 2.86. The van der Waals surface area contributed by atoms with E-state index in [0.717, 1.165) is 22.6 Å². The van der Waals surface area contributed by atoms with Crippen LogP contribution in [0.5, 0.6) is 11.5 Å². The molecule has 0 aromatic heterocycles. The zero-order valence-electron chi connectivity index (χ0n) is 11.4. The van der Waals surface area contributed by atoms with Gasteiger partial charge in [0.25, 0.3) is 6.29 Å². The van der Waals surface area contributed by atoms with E-state index >= 15 is 0 Å². The summed E-state index contributed by atoms with van der Waals surface area (Å²) in [5.41, 5.74) is 3.33. The SMILES string of the molecule is c1ccc(OC2Oc3ccccc3-c3ccccc32)cc1. The summed E-state index contributed by atoms with van der Waals surface area (Å²) < 4.78 is 12.1. The van der Waals surface area contributed by atoms with E-state index in [-0.39, 0.29) is 0 Å². The Labute approximate surface area is 123 Å². The van der Waals surface area contributed by atoms with Gasteiger partial charge in [-0.3, -0.25) is 0 Å². The van der Waals surface area contributed by atoms with Crippen molar-refractivity contribution in [2.24, 2.45) is 0 Å². The molecule has 3 aromatic rings.